The molecule has 1 saturated carbocycles. The summed E-state index contributed by atoms with van der Waals surface area (Å²) in [6, 6.07) is 6.60. The topological polar surface area (TPSA) is 20.2 Å². The zero-order chi connectivity index (χ0) is 9.42. The Morgan fingerprint density at radius 2 is 2.15 bits per heavy atom. The smallest absolute Gasteiger partial charge is 0.0465 e. The first-order valence-electron chi connectivity index (χ1n) is 4.90. The molecule has 1 nitrogen and oxygen atoms in total. The highest BCUT2D eigenvalue weighted by Gasteiger charge is 2.38. The van der Waals surface area contributed by atoms with E-state index in [1.165, 1.54) is 23.1 Å². The Hall–Kier alpha value is -0.820. The van der Waals surface area contributed by atoms with Crippen LogP contribution in [0.2, 0.25) is 0 Å². The Morgan fingerprint density at radius 1 is 1.38 bits per heavy atom. The normalized spacial score (nSPS) is 26.1. The van der Waals surface area contributed by atoms with Gasteiger partial charge in [0.1, 0.15) is 0 Å². The molecular formula is C12H16O. The highest BCUT2D eigenvalue weighted by atomic mass is 16.3. The second kappa shape index (κ2) is 3.15. The van der Waals surface area contributed by atoms with Gasteiger partial charge in [-0.2, -0.15) is 0 Å². The van der Waals surface area contributed by atoms with Gasteiger partial charge in [0, 0.05) is 6.61 Å². The number of aryl methyl sites for hydroxylation is 2. The average molecular weight is 176 g/mol. The second-order valence-corrected chi connectivity index (χ2v) is 4.14. The van der Waals surface area contributed by atoms with E-state index in [4.69, 9.17) is 5.11 Å². The fraction of sp³-hybridized carbons (Fsp3) is 0.500. The minimum Gasteiger partial charge on any atom is -0.396 e. The average Bonchev–Trinajstić information content (AvgIpc) is 2.83. The summed E-state index contributed by atoms with van der Waals surface area (Å²) in [6.07, 6.45) is 1.17. The van der Waals surface area contributed by atoms with Gasteiger partial charge in [-0.1, -0.05) is 23.8 Å². The molecule has 0 bridgehead atoms. The van der Waals surface area contributed by atoms with Crippen LogP contribution < -0.4 is 0 Å². The van der Waals surface area contributed by atoms with Crippen LogP contribution in [-0.4, -0.2) is 11.7 Å². The van der Waals surface area contributed by atoms with E-state index in [9.17, 15) is 0 Å². The number of hydrogen-bond donors (Lipinski definition) is 1. The van der Waals surface area contributed by atoms with E-state index in [0.717, 1.165) is 0 Å². The molecule has 0 heterocycles. The second-order valence-electron chi connectivity index (χ2n) is 4.14. The van der Waals surface area contributed by atoms with Crippen LogP contribution in [0, 0.1) is 19.8 Å². The summed E-state index contributed by atoms with van der Waals surface area (Å²) in [5.74, 6) is 1.16. The van der Waals surface area contributed by atoms with Gasteiger partial charge in [-0.05, 0) is 43.2 Å². The fourth-order valence-corrected chi connectivity index (χ4v) is 2.07. The van der Waals surface area contributed by atoms with Crippen molar-refractivity contribution in [2.75, 3.05) is 6.61 Å². The maximum Gasteiger partial charge on any atom is 0.0465 e. The fourth-order valence-electron chi connectivity index (χ4n) is 2.07. The van der Waals surface area contributed by atoms with Crippen molar-refractivity contribution in [3.05, 3.63) is 34.9 Å². The molecular weight excluding hydrogens is 160 g/mol. The first-order chi connectivity index (χ1) is 6.22. The summed E-state index contributed by atoms with van der Waals surface area (Å²) >= 11 is 0. The van der Waals surface area contributed by atoms with Crippen molar-refractivity contribution in [2.24, 2.45) is 5.92 Å². The van der Waals surface area contributed by atoms with Crippen molar-refractivity contribution >= 4 is 0 Å². The Morgan fingerprint density at radius 3 is 2.69 bits per heavy atom. The number of hydrogen-bond acceptors (Lipinski definition) is 1. The summed E-state index contributed by atoms with van der Waals surface area (Å²) in [5, 5.41) is 8.98. The molecule has 1 fully saturated rings. The van der Waals surface area contributed by atoms with E-state index in [-0.39, 0.29) is 0 Å². The Kier molecular flexibility index (Phi) is 2.12. The van der Waals surface area contributed by atoms with E-state index in [0.29, 0.717) is 18.4 Å². The van der Waals surface area contributed by atoms with Crippen molar-refractivity contribution in [3.63, 3.8) is 0 Å². The number of aliphatic hydroxyl groups excluding tert-OH is 1. The maximum atomic E-state index is 8.98. The summed E-state index contributed by atoms with van der Waals surface area (Å²) in [6.45, 7) is 4.63. The molecule has 0 saturated heterocycles. The van der Waals surface area contributed by atoms with Crippen LogP contribution in [0.4, 0.5) is 0 Å². The molecule has 13 heavy (non-hydrogen) atoms. The molecule has 1 heteroatoms. The lowest BCUT2D eigenvalue weighted by atomic mass is 10.0. The molecule has 0 radical (unpaired) electrons. The van der Waals surface area contributed by atoms with Crippen LogP contribution in [0.5, 0.6) is 0 Å². The molecule has 2 rings (SSSR count). The minimum absolute atomic E-state index is 0.345. The molecule has 2 atom stereocenters. The van der Waals surface area contributed by atoms with E-state index in [1.807, 2.05) is 0 Å². The molecule has 0 aromatic heterocycles. The van der Waals surface area contributed by atoms with Crippen molar-refractivity contribution < 1.29 is 5.11 Å². The van der Waals surface area contributed by atoms with Crippen molar-refractivity contribution in [1.82, 2.24) is 0 Å². The van der Waals surface area contributed by atoms with Crippen LogP contribution in [0.3, 0.4) is 0 Å². The molecule has 0 aliphatic heterocycles. The van der Waals surface area contributed by atoms with Gasteiger partial charge in [-0.15, -0.1) is 0 Å². The molecule has 70 valence electrons. The lowest BCUT2D eigenvalue weighted by Crippen LogP contribution is -1.92. The summed E-state index contributed by atoms with van der Waals surface area (Å²) in [5.41, 5.74) is 4.13. The first-order valence-corrected chi connectivity index (χ1v) is 4.90. The summed E-state index contributed by atoms with van der Waals surface area (Å²) < 4.78 is 0. The van der Waals surface area contributed by atoms with Gasteiger partial charge in [0.2, 0.25) is 0 Å². The van der Waals surface area contributed by atoms with E-state index >= 15 is 0 Å². The van der Waals surface area contributed by atoms with Gasteiger partial charge < -0.3 is 5.11 Å². The van der Waals surface area contributed by atoms with E-state index in [2.05, 4.69) is 32.0 Å². The largest absolute Gasteiger partial charge is 0.396 e. The molecule has 1 aliphatic carbocycles. The van der Waals surface area contributed by atoms with Gasteiger partial charge in [0.25, 0.3) is 0 Å². The maximum absolute atomic E-state index is 8.98. The van der Waals surface area contributed by atoms with Gasteiger partial charge in [0.15, 0.2) is 0 Å². The van der Waals surface area contributed by atoms with Gasteiger partial charge in [0.05, 0.1) is 0 Å². The summed E-state index contributed by atoms with van der Waals surface area (Å²) in [4.78, 5) is 0. The van der Waals surface area contributed by atoms with E-state index in [1.54, 1.807) is 0 Å². The van der Waals surface area contributed by atoms with Crippen LogP contribution in [0.15, 0.2) is 18.2 Å². The third-order valence-electron chi connectivity index (χ3n) is 2.98. The lowest BCUT2D eigenvalue weighted by molar-refractivity contribution is 0.274. The Bertz CT molecular complexity index is 317. The third-order valence-corrected chi connectivity index (χ3v) is 2.98. The van der Waals surface area contributed by atoms with Crippen molar-refractivity contribution in [1.29, 1.82) is 0 Å². The van der Waals surface area contributed by atoms with Crippen molar-refractivity contribution in [2.45, 2.75) is 26.2 Å². The molecule has 0 amide bonds. The van der Waals surface area contributed by atoms with Crippen LogP contribution in [-0.2, 0) is 0 Å². The van der Waals surface area contributed by atoms with Gasteiger partial charge in [-0.25, -0.2) is 0 Å². The number of benzene rings is 1. The number of aliphatic hydroxyl groups is 1. The SMILES string of the molecule is Cc1ccc(C2CC2CO)c(C)c1. The summed E-state index contributed by atoms with van der Waals surface area (Å²) in [7, 11) is 0. The zero-order valence-corrected chi connectivity index (χ0v) is 8.25. The number of rotatable bonds is 2. The predicted molar refractivity (Wildman–Crippen MR) is 53.8 cm³/mol. The monoisotopic (exact) mass is 176 g/mol. The highest BCUT2D eigenvalue weighted by molar-refractivity contribution is 5.36. The predicted octanol–water partition coefficient (Wildman–Crippen LogP) is 2.40. The van der Waals surface area contributed by atoms with Crippen LogP contribution in [0.25, 0.3) is 0 Å². The van der Waals surface area contributed by atoms with Gasteiger partial charge in [-0.3, -0.25) is 0 Å². The lowest BCUT2D eigenvalue weighted by Gasteiger charge is -2.05. The van der Waals surface area contributed by atoms with Crippen molar-refractivity contribution in [3.8, 4) is 0 Å². The Labute approximate surface area is 79.4 Å². The standard InChI is InChI=1S/C12H16O/c1-8-3-4-11(9(2)5-8)12-6-10(12)7-13/h3-5,10,12-13H,6-7H2,1-2H3. The zero-order valence-electron chi connectivity index (χ0n) is 8.25. The molecule has 2 unspecified atom stereocenters. The van der Waals surface area contributed by atoms with Gasteiger partial charge >= 0.3 is 0 Å². The highest BCUT2D eigenvalue weighted by Crippen LogP contribution is 2.47. The minimum atomic E-state index is 0.345. The molecule has 1 aromatic carbocycles. The quantitative estimate of drug-likeness (QED) is 0.733. The molecule has 1 aromatic rings. The third kappa shape index (κ3) is 1.61. The van der Waals surface area contributed by atoms with E-state index < -0.39 is 0 Å². The first kappa shape index (κ1) is 8.76. The van der Waals surface area contributed by atoms with Crippen LogP contribution >= 0.6 is 0 Å². The van der Waals surface area contributed by atoms with Crippen LogP contribution in [0.1, 0.15) is 29.0 Å². The Balaban J connectivity index is 2.22. The molecule has 0 spiro atoms. The molecule has 1 N–H and O–H groups in total. The molecule has 1 aliphatic rings.